The fourth-order valence-corrected chi connectivity index (χ4v) is 3.08. The third-order valence-electron chi connectivity index (χ3n) is 2.63. The van der Waals surface area contributed by atoms with Crippen molar-refractivity contribution in [2.75, 3.05) is 5.32 Å². The molecule has 0 saturated heterocycles. The summed E-state index contributed by atoms with van der Waals surface area (Å²) < 4.78 is 0. The first kappa shape index (κ1) is 9.92. The van der Waals surface area contributed by atoms with Gasteiger partial charge in [0.1, 0.15) is 5.51 Å². The van der Waals surface area contributed by atoms with Gasteiger partial charge in [-0.3, -0.25) is 4.79 Å². The van der Waals surface area contributed by atoms with E-state index in [-0.39, 0.29) is 11.8 Å². The summed E-state index contributed by atoms with van der Waals surface area (Å²) >= 11 is 3.06. The van der Waals surface area contributed by atoms with Gasteiger partial charge in [-0.25, -0.2) is 0 Å². The third-order valence-corrected chi connectivity index (χ3v) is 4.24. The predicted octanol–water partition coefficient (Wildman–Crippen LogP) is 2.34. The number of carbonyl (C=O) groups is 1. The van der Waals surface area contributed by atoms with Crippen LogP contribution in [0.1, 0.15) is 17.2 Å². The molecule has 0 bridgehead atoms. The molecule has 6 heteroatoms. The number of thiophene rings is 1. The Morgan fingerprint density at radius 2 is 2.44 bits per heavy atom. The molecule has 2 unspecified atom stereocenters. The van der Waals surface area contributed by atoms with Crippen LogP contribution in [0.4, 0.5) is 5.13 Å². The van der Waals surface area contributed by atoms with Crippen LogP contribution in [0.25, 0.3) is 0 Å². The van der Waals surface area contributed by atoms with Crippen LogP contribution >= 0.6 is 22.7 Å². The highest BCUT2D eigenvalue weighted by Crippen LogP contribution is 2.49. The fraction of sp³-hybridized carbons (Fsp3) is 0.300. The van der Waals surface area contributed by atoms with Gasteiger partial charge in [-0.05, 0) is 17.9 Å². The van der Waals surface area contributed by atoms with E-state index in [2.05, 4.69) is 21.6 Å². The molecule has 1 amide bonds. The summed E-state index contributed by atoms with van der Waals surface area (Å²) in [6.45, 7) is 0. The van der Waals surface area contributed by atoms with Gasteiger partial charge in [-0.2, -0.15) is 0 Å². The molecule has 1 N–H and O–H groups in total. The Balaban J connectivity index is 1.62. The lowest BCUT2D eigenvalue weighted by atomic mass is 10.2. The summed E-state index contributed by atoms with van der Waals surface area (Å²) in [5.74, 6) is 0.589. The zero-order valence-corrected chi connectivity index (χ0v) is 9.92. The fourth-order valence-electron chi connectivity index (χ4n) is 1.73. The monoisotopic (exact) mass is 251 g/mol. The first-order valence-corrected chi connectivity index (χ1v) is 6.71. The Bertz CT molecular complexity index is 480. The van der Waals surface area contributed by atoms with Crippen LogP contribution in [0.15, 0.2) is 23.0 Å². The Kier molecular flexibility index (Phi) is 2.45. The zero-order chi connectivity index (χ0) is 11.0. The minimum Gasteiger partial charge on any atom is -0.300 e. The summed E-state index contributed by atoms with van der Waals surface area (Å²) in [5.41, 5.74) is 1.61. The minimum atomic E-state index is 0.0650. The molecule has 16 heavy (non-hydrogen) atoms. The molecule has 0 aromatic carbocycles. The maximum absolute atomic E-state index is 11.8. The molecule has 2 heterocycles. The summed E-state index contributed by atoms with van der Waals surface area (Å²) in [6, 6.07) is 4.12. The van der Waals surface area contributed by atoms with Crippen LogP contribution in [-0.2, 0) is 4.79 Å². The molecule has 2 atom stereocenters. The van der Waals surface area contributed by atoms with Gasteiger partial charge in [0.2, 0.25) is 11.0 Å². The van der Waals surface area contributed by atoms with Crippen molar-refractivity contribution in [2.45, 2.75) is 12.3 Å². The highest BCUT2D eigenvalue weighted by Gasteiger charge is 2.44. The summed E-state index contributed by atoms with van der Waals surface area (Å²) in [5, 5.41) is 12.9. The quantitative estimate of drug-likeness (QED) is 0.911. The topological polar surface area (TPSA) is 54.9 Å². The van der Waals surface area contributed by atoms with Gasteiger partial charge >= 0.3 is 0 Å². The molecule has 0 radical (unpaired) electrons. The van der Waals surface area contributed by atoms with Crippen molar-refractivity contribution in [3.63, 3.8) is 0 Å². The lowest BCUT2D eigenvalue weighted by molar-refractivity contribution is -0.117. The van der Waals surface area contributed by atoms with Crippen LogP contribution in [0.5, 0.6) is 0 Å². The number of nitrogens with zero attached hydrogens (tertiary/aromatic N) is 2. The van der Waals surface area contributed by atoms with Crippen LogP contribution in [0, 0.1) is 5.92 Å². The van der Waals surface area contributed by atoms with Crippen molar-refractivity contribution in [1.29, 1.82) is 0 Å². The normalized spacial score (nSPS) is 23.0. The highest BCUT2D eigenvalue weighted by atomic mass is 32.1. The summed E-state index contributed by atoms with van der Waals surface area (Å²) in [4.78, 5) is 13.1. The first-order chi connectivity index (χ1) is 7.84. The molecule has 82 valence electrons. The second-order valence-electron chi connectivity index (χ2n) is 3.70. The smallest absolute Gasteiger partial charge is 0.229 e. The average Bonchev–Trinajstić information content (AvgIpc) is 2.71. The SMILES string of the molecule is O=C(Nc1nncs1)C1CC1c1cccs1. The molecule has 0 aliphatic heterocycles. The second kappa shape index (κ2) is 3.95. The molecular formula is C10H9N3OS2. The van der Waals surface area contributed by atoms with Crippen molar-refractivity contribution >= 4 is 33.7 Å². The van der Waals surface area contributed by atoms with Crippen molar-refractivity contribution in [3.05, 3.63) is 27.9 Å². The lowest BCUT2D eigenvalue weighted by Gasteiger charge is -1.98. The van der Waals surface area contributed by atoms with E-state index < -0.39 is 0 Å². The average molecular weight is 251 g/mol. The molecular weight excluding hydrogens is 242 g/mol. The van der Waals surface area contributed by atoms with Crippen LogP contribution < -0.4 is 5.32 Å². The van der Waals surface area contributed by atoms with Gasteiger partial charge < -0.3 is 5.32 Å². The van der Waals surface area contributed by atoms with E-state index >= 15 is 0 Å². The van der Waals surface area contributed by atoms with Gasteiger partial charge in [0.05, 0.1) is 0 Å². The molecule has 2 aromatic heterocycles. The summed E-state index contributed by atoms with van der Waals surface area (Å²) in [7, 11) is 0. The Morgan fingerprint density at radius 3 is 3.12 bits per heavy atom. The molecule has 2 aromatic rings. The van der Waals surface area contributed by atoms with E-state index in [1.165, 1.54) is 16.2 Å². The third kappa shape index (κ3) is 1.85. The van der Waals surface area contributed by atoms with Gasteiger partial charge in [-0.1, -0.05) is 17.4 Å². The summed E-state index contributed by atoms with van der Waals surface area (Å²) in [6.07, 6.45) is 0.950. The maximum atomic E-state index is 11.8. The van der Waals surface area contributed by atoms with E-state index in [0.717, 1.165) is 6.42 Å². The number of carbonyl (C=O) groups excluding carboxylic acids is 1. The molecule has 0 spiro atoms. The predicted molar refractivity (Wildman–Crippen MR) is 63.7 cm³/mol. The number of rotatable bonds is 3. The maximum Gasteiger partial charge on any atom is 0.229 e. The number of nitrogens with one attached hydrogen (secondary N) is 1. The molecule has 1 aliphatic carbocycles. The molecule has 1 saturated carbocycles. The Hall–Kier alpha value is -1.27. The van der Waals surface area contributed by atoms with E-state index in [0.29, 0.717) is 11.0 Å². The highest BCUT2D eigenvalue weighted by molar-refractivity contribution is 7.13. The van der Waals surface area contributed by atoms with Crippen molar-refractivity contribution in [1.82, 2.24) is 10.2 Å². The van der Waals surface area contributed by atoms with Gasteiger partial charge in [0.15, 0.2) is 0 Å². The molecule has 3 rings (SSSR count). The van der Waals surface area contributed by atoms with E-state index in [1.54, 1.807) is 16.8 Å². The molecule has 1 fully saturated rings. The largest absolute Gasteiger partial charge is 0.300 e. The van der Waals surface area contributed by atoms with Gasteiger partial charge in [0, 0.05) is 16.7 Å². The lowest BCUT2D eigenvalue weighted by Crippen LogP contribution is -2.14. The van der Waals surface area contributed by atoms with Crippen LogP contribution in [-0.4, -0.2) is 16.1 Å². The van der Waals surface area contributed by atoms with Crippen molar-refractivity contribution in [3.8, 4) is 0 Å². The van der Waals surface area contributed by atoms with E-state index in [1.807, 2.05) is 11.4 Å². The number of amides is 1. The zero-order valence-electron chi connectivity index (χ0n) is 8.29. The number of aromatic nitrogens is 2. The molecule has 4 nitrogen and oxygen atoms in total. The second-order valence-corrected chi connectivity index (χ2v) is 5.51. The standard InChI is InChI=1S/C10H9N3OS2/c14-9(12-10-13-11-5-16-10)7-4-6(7)8-2-1-3-15-8/h1-3,5-7H,4H2,(H,12,13,14). The van der Waals surface area contributed by atoms with E-state index in [9.17, 15) is 4.79 Å². The first-order valence-electron chi connectivity index (χ1n) is 4.95. The van der Waals surface area contributed by atoms with Crippen LogP contribution in [0.2, 0.25) is 0 Å². The number of hydrogen-bond acceptors (Lipinski definition) is 5. The Morgan fingerprint density at radius 1 is 1.50 bits per heavy atom. The van der Waals surface area contributed by atoms with E-state index in [4.69, 9.17) is 0 Å². The van der Waals surface area contributed by atoms with Crippen molar-refractivity contribution in [2.24, 2.45) is 5.92 Å². The van der Waals surface area contributed by atoms with Gasteiger partial charge in [0.25, 0.3) is 0 Å². The number of anilines is 1. The van der Waals surface area contributed by atoms with Crippen LogP contribution in [0.3, 0.4) is 0 Å². The van der Waals surface area contributed by atoms with Gasteiger partial charge in [-0.15, -0.1) is 21.5 Å². The number of hydrogen-bond donors (Lipinski definition) is 1. The Labute approximate surface area is 100 Å². The minimum absolute atomic E-state index is 0.0650. The molecule has 1 aliphatic rings. The van der Waals surface area contributed by atoms with Crippen molar-refractivity contribution < 1.29 is 4.79 Å².